The number of benzene rings is 1. The Morgan fingerprint density at radius 2 is 2.00 bits per heavy atom. The van der Waals surface area contributed by atoms with Gasteiger partial charge in [0.1, 0.15) is 0 Å². The van der Waals surface area contributed by atoms with Crippen molar-refractivity contribution < 1.29 is 0 Å². The van der Waals surface area contributed by atoms with E-state index < -0.39 is 0 Å². The van der Waals surface area contributed by atoms with E-state index in [1.54, 1.807) is 0 Å². The van der Waals surface area contributed by atoms with Gasteiger partial charge >= 0.3 is 0 Å². The lowest BCUT2D eigenvalue weighted by atomic mass is 10.3. The molecule has 1 N–H and O–H groups in total. The molecule has 0 aliphatic heterocycles. The highest BCUT2D eigenvalue weighted by molar-refractivity contribution is 14.1. The third-order valence-corrected chi connectivity index (χ3v) is 2.30. The van der Waals surface area contributed by atoms with Gasteiger partial charge in [-0.25, -0.2) is 0 Å². The summed E-state index contributed by atoms with van der Waals surface area (Å²) in [5.41, 5.74) is 1.13. The quantitative estimate of drug-likeness (QED) is 0.829. The molecule has 1 aromatic rings. The first-order chi connectivity index (χ1) is 6.33. The maximum atomic E-state index is 3.76. The average Bonchev–Trinajstić information content (AvgIpc) is 2.15. The maximum Gasteiger partial charge on any atom is 0.0380 e. The average molecular weight is 286 g/mol. The van der Waals surface area contributed by atoms with Gasteiger partial charge in [-0.15, -0.1) is 0 Å². The van der Waals surface area contributed by atoms with Crippen molar-refractivity contribution in [2.24, 2.45) is 0 Å². The summed E-state index contributed by atoms with van der Waals surface area (Å²) in [7, 11) is 0. The lowest BCUT2D eigenvalue weighted by Crippen LogP contribution is -1.86. The van der Waals surface area contributed by atoms with Crippen LogP contribution in [0.4, 0.5) is 5.69 Å². The molecule has 1 aromatic carbocycles. The Labute approximate surface area is 93.4 Å². The van der Waals surface area contributed by atoms with Crippen LogP contribution in [0.1, 0.15) is 12.8 Å². The van der Waals surface area contributed by atoms with Gasteiger partial charge in [0, 0.05) is 9.26 Å². The fraction of sp³-hybridized carbons (Fsp3) is 0.182. The molecular weight excluding hydrogens is 273 g/mol. The SMILES string of the molecule is [CH2]CCC=CNc1ccc(I)cc1. The zero-order chi connectivity index (χ0) is 9.52. The van der Waals surface area contributed by atoms with Crippen LogP contribution < -0.4 is 5.32 Å². The maximum absolute atomic E-state index is 3.76. The molecule has 0 aliphatic carbocycles. The van der Waals surface area contributed by atoms with E-state index >= 15 is 0 Å². The van der Waals surface area contributed by atoms with Crippen LogP contribution >= 0.6 is 22.6 Å². The minimum absolute atomic E-state index is 0.949. The smallest absolute Gasteiger partial charge is 0.0380 e. The molecule has 13 heavy (non-hydrogen) atoms. The van der Waals surface area contributed by atoms with E-state index in [-0.39, 0.29) is 0 Å². The number of anilines is 1. The van der Waals surface area contributed by atoms with E-state index in [0.29, 0.717) is 0 Å². The molecule has 0 atom stereocenters. The van der Waals surface area contributed by atoms with Gasteiger partial charge in [-0.2, -0.15) is 0 Å². The second-order valence-corrected chi connectivity index (χ2v) is 3.94. The molecule has 1 rings (SSSR count). The molecule has 1 nitrogen and oxygen atoms in total. The van der Waals surface area contributed by atoms with Crippen LogP contribution in [0.25, 0.3) is 0 Å². The summed E-state index contributed by atoms with van der Waals surface area (Å²) in [5, 5.41) is 3.20. The zero-order valence-electron chi connectivity index (χ0n) is 7.46. The van der Waals surface area contributed by atoms with Crippen molar-refractivity contribution in [3.05, 3.63) is 47.0 Å². The summed E-state index contributed by atoms with van der Waals surface area (Å²) >= 11 is 2.29. The van der Waals surface area contributed by atoms with Crippen molar-refractivity contribution in [1.82, 2.24) is 0 Å². The van der Waals surface area contributed by atoms with E-state index in [2.05, 4.69) is 65.2 Å². The predicted molar refractivity (Wildman–Crippen MR) is 66.5 cm³/mol. The molecule has 0 fully saturated rings. The van der Waals surface area contributed by atoms with E-state index in [0.717, 1.165) is 18.5 Å². The molecule has 0 aliphatic rings. The molecule has 2 heteroatoms. The Kier molecular flexibility index (Phi) is 4.90. The normalized spacial score (nSPS) is 10.6. The zero-order valence-corrected chi connectivity index (χ0v) is 9.62. The van der Waals surface area contributed by atoms with Gasteiger partial charge in [0.15, 0.2) is 0 Å². The molecular formula is C11H13IN. The highest BCUT2D eigenvalue weighted by Gasteiger charge is 1.87. The van der Waals surface area contributed by atoms with Crippen LogP contribution in [-0.4, -0.2) is 0 Å². The highest BCUT2D eigenvalue weighted by atomic mass is 127. The Balaban J connectivity index is 2.41. The predicted octanol–water partition coefficient (Wildman–Crippen LogP) is 3.83. The van der Waals surface area contributed by atoms with Crippen LogP contribution in [0.15, 0.2) is 36.5 Å². The summed E-state index contributed by atoms with van der Waals surface area (Å²) in [6, 6.07) is 8.29. The molecule has 0 aromatic heterocycles. The summed E-state index contributed by atoms with van der Waals surface area (Å²) in [5.74, 6) is 0. The van der Waals surface area contributed by atoms with Crippen molar-refractivity contribution in [3.8, 4) is 0 Å². The molecule has 0 unspecified atom stereocenters. The topological polar surface area (TPSA) is 12.0 Å². The lowest BCUT2D eigenvalue weighted by molar-refractivity contribution is 1.05. The largest absolute Gasteiger partial charge is 0.362 e. The van der Waals surface area contributed by atoms with Crippen molar-refractivity contribution in [3.63, 3.8) is 0 Å². The number of rotatable bonds is 4. The summed E-state index contributed by atoms with van der Waals surface area (Å²) in [6.07, 6.45) is 6.03. The monoisotopic (exact) mass is 286 g/mol. The molecule has 69 valence electrons. The molecule has 0 heterocycles. The van der Waals surface area contributed by atoms with Gasteiger partial charge in [-0.05, 0) is 65.9 Å². The van der Waals surface area contributed by atoms with Crippen LogP contribution in [0.2, 0.25) is 0 Å². The van der Waals surface area contributed by atoms with Gasteiger partial charge in [0.05, 0.1) is 0 Å². The number of unbranched alkanes of at least 4 members (excludes halogenated alkanes) is 1. The standard InChI is InChI=1S/C11H13IN/c1-2-3-4-9-13-11-7-5-10(12)6-8-11/h4-9,13H,1-3H2. The molecule has 0 saturated heterocycles. The van der Waals surface area contributed by atoms with E-state index in [1.165, 1.54) is 3.57 Å². The Hall–Kier alpha value is -0.510. The minimum Gasteiger partial charge on any atom is -0.362 e. The first-order valence-electron chi connectivity index (χ1n) is 4.29. The fourth-order valence-corrected chi connectivity index (χ4v) is 1.26. The van der Waals surface area contributed by atoms with Crippen molar-refractivity contribution in [2.45, 2.75) is 12.8 Å². The van der Waals surface area contributed by atoms with Gasteiger partial charge < -0.3 is 5.32 Å². The molecule has 0 saturated carbocycles. The number of allylic oxidation sites excluding steroid dienone is 1. The highest BCUT2D eigenvalue weighted by Crippen LogP contribution is 2.10. The minimum atomic E-state index is 0.949. The van der Waals surface area contributed by atoms with Gasteiger partial charge in [-0.3, -0.25) is 0 Å². The van der Waals surface area contributed by atoms with Crippen molar-refractivity contribution in [1.29, 1.82) is 0 Å². The second kappa shape index (κ2) is 6.02. The van der Waals surface area contributed by atoms with Crippen molar-refractivity contribution >= 4 is 28.3 Å². The van der Waals surface area contributed by atoms with E-state index in [9.17, 15) is 0 Å². The van der Waals surface area contributed by atoms with E-state index in [4.69, 9.17) is 0 Å². The van der Waals surface area contributed by atoms with Crippen LogP contribution in [-0.2, 0) is 0 Å². The van der Waals surface area contributed by atoms with Gasteiger partial charge in [0.25, 0.3) is 0 Å². The van der Waals surface area contributed by atoms with Gasteiger partial charge in [-0.1, -0.05) is 13.0 Å². The first-order valence-corrected chi connectivity index (χ1v) is 5.37. The fourth-order valence-electron chi connectivity index (χ4n) is 0.902. The van der Waals surface area contributed by atoms with E-state index in [1.807, 2.05) is 6.20 Å². The summed E-state index contributed by atoms with van der Waals surface area (Å²) in [6.45, 7) is 3.76. The Morgan fingerprint density at radius 3 is 2.62 bits per heavy atom. The number of nitrogens with one attached hydrogen (secondary N) is 1. The van der Waals surface area contributed by atoms with Gasteiger partial charge in [0.2, 0.25) is 0 Å². The third-order valence-electron chi connectivity index (χ3n) is 1.58. The second-order valence-electron chi connectivity index (χ2n) is 2.70. The summed E-state index contributed by atoms with van der Waals surface area (Å²) in [4.78, 5) is 0. The number of halogens is 1. The number of hydrogen-bond donors (Lipinski definition) is 1. The first kappa shape index (κ1) is 10.6. The Morgan fingerprint density at radius 1 is 1.31 bits per heavy atom. The third kappa shape index (κ3) is 4.31. The molecule has 0 amide bonds. The lowest BCUT2D eigenvalue weighted by Gasteiger charge is -1.99. The van der Waals surface area contributed by atoms with Crippen molar-refractivity contribution in [2.75, 3.05) is 5.32 Å². The molecule has 0 spiro atoms. The molecule has 0 bridgehead atoms. The van der Waals surface area contributed by atoms with Crippen LogP contribution in [0.3, 0.4) is 0 Å². The van der Waals surface area contributed by atoms with Crippen LogP contribution in [0, 0.1) is 10.5 Å². The number of hydrogen-bond acceptors (Lipinski definition) is 1. The molecule has 1 radical (unpaired) electrons. The van der Waals surface area contributed by atoms with Crippen LogP contribution in [0.5, 0.6) is 0 Å². The Bertz CT molecular complexity index is 264. The summed E-state index contributed by atoms with van der Waals surface area (Å²) < 4.78 is 1.25.